The first kappa shape index (κ1) is 26.8. The van der Waals surface area contributed by atoms with Crippen LogP contribution >= 0.6 is 11.8 Å². The maximum absolute atomic E-state index is 13.7. The van der Waals surface area contributed by atoms with Crippen molar-refractivity contribution in [2.75, 3.05) is 19.8 Å². The molecule has 2 aromatic rings. The fourth-order valence-electron chi connectivity index (χ4n) is 4.64. The highest BCUT2D eigenvalue weighted by Crippen LogP contribution is 2.40. The predicted octanol–water partition coefficient (Wildman–Crippen LogP) is 6.21. The third kappa shape index (κ3) is 6.74. The second kappa shape index (κ2) is 12.8. The van der Waals surface area contributed by atoms with Crippen LogP contribution in [0.25, 0.3) is 6.08 Å². The average molecular weight is 523 g/mol. The number of benzene rings is 2. The lowest BCUT2D eigenvalue weighted by molar-refractivity contribution is -0.145. The zero-order valence-electron chi connectivity index (χ0n) is 21.6. The van der Waals surface area contributed by atoms with E-state index < -0.39 is 5.97 Å². The predicted molar refractivity (Wildman–Crippen MR) is 147 cm³/mol. The van der Waals surface area contributed by atoms with Crippen molar-refractivity contribution < 1.29 is 23.8 Å². The molecule has 0 N–H and O–H groups in total. The second-order valence-corrected chi connectivity index (χ2v) is 10.1. The molecule has 196 valence electrons. The quantitative estimate of drug-likeness (QED) is 0.288. The lowest BCUT2D eigenvalue weighted by atomic mass is 9.85. The van der Waals surface area contributed by atoms with Crippen LogP contribution in [0.1, 0.15) is 52.0 Å². The van der Waals surface area contributed by atoms with E-state index in [4.69, 9.17) is 19.2 Å². The lowest BCUT2D eigenvalue weighted by Gasteiger charge is -2.35. The first-order valence-corrected chi connectivity index (χ1v) is 13.7. The topological polar surface area (TPSA) is 77.4 Å². The Hall–Kier alpha value is -3.26. The summed E-state index contributed by atoms with van der Waals surface area (Å²) in [5.41, 5.74) is 1.63. The zero-order valence-corrected chi connectivity index (χ0v) is 22.5. The van der Waals surface area contributed by atoms with Gasteiger partial charge < -0.3 is 14.2 Å². The molecule has 1 aliphatic carbocycles. The van der Waals surface area contributed by atoms with Gasteiger partial charge in [0.2, 0.25) is 0 Å². The summed E-state index contributed by atoms with van der Waals surface area (Å²) < 4.78 is 16.3. The Bertz CT molecular complexity index is 1160. The standard InChI is InChI=1S/C29H34N2O5S/c1-4-34-25-17-21(15-16-24(25)36-19-27(32)35-5-2)18-26-28(33)31(23-14-10-9-11-20(23)3)29(37-26)30-22-12-7-6-8-13-22/h6-8,12-13,15-18,20,23H,4-5,9-11,14,19H2,1-3H3/b26-18-,30-29?/t20-,23-/m0/s1. The van der Waals surface area contributed by atoms with Gasteiger partial charge in [-0.3, -0.25) is 9.69 Å². The van der Waals surface area contributed by atoms with Crippen LogP contribution in [0.2, 0.25) is 0 Å². The number of aliphatic imine (C=N–C) groups is 1. The molecule has 8 heteroatoms. The zero-order chi connectivity index (χ0) is 26.2. The molecule has 1 saturated carbocycles. The van der Waals surface area contributed by atoms with Gasteiger partial charge in [0, 0.05) is 6.04 Å². The Labute approximate surface area is 222 Å². The molecule has 0 unspecified atom stereocenters. The van der Waals surface area contributed by atoms with E-state index in [0.717, 1.165) is 35.7 Å². The largest absolute Gasteiger partial charge is 0.490 e. The van der Waals surface area contributed by atoms with Crippen molar-refractivity contribution in [2.24, 2.45) is 10.9 Å². The van der Waals surface area contributed by atoms with Crippen LogP contribution in [0.3, 0.4) is 0 Å². The number of esters is 1. The van der Waals surface area contributed by atoms with Crippen molar-refractivity contribution in [2.45, 2.75) is 52.5 Å². The molecule has 0 radical (unpaired) electrons. The van der Waals surface area contributed by atoms with Gasteiger partial charge in [-0.25, -0.2) is 9.79 Å². The van der Waals surface area contributed by atoms with Crippen molar-refractivity contribution in [3.8, 4) is 11.5 Å². The number of rotatable bonds is 9. The van der Waals surface area contributed by atoms with E-state index in [-0.39, 0.29) is 18.6 Å². The Morgan fingerprint density at radius 2 is 1.84 bits per heavy atom. The number of para-hydroxylation sites is 1. The van der Waals surface area contributed by atoms with E-state index in [2.05, 4.69) is 6.92 Å². The van der Waals surface area contributed by atoms with Crippen molar-refractivity contribution in [1.82, 2.24) is 4.90 Å². The molecule has 2 atom stereocenters. The smallest absolute Gasteiger partial charge is 0.344 e. The summed E-state index contributed by atoms with van der Waals surface area (Å²) >= 11 is 1.41. The normalized spacial score (nSPS) is 21.9. The van der Waals surface area contributed by atoms with E-state index in [9.17, 15) is 9.59 Å². The summed E-state index contributed by atoms with van der Waals surface area (Å²) in [7, 11) is 0. The van der Waals surface area contributed by atoms with Crippen LogP contribution in [-0.4, -0.2) is 47.8 Å². The van der Waals surface area contributed by atoms with Crippen LogP contribution in [0.4, 0.5) is 5.69 Å². The Kier molecular flexibility index (Phi) is 9.28. The lowest BCUT2D eigenvalue weighted by Crippen LogP contribution is -2.44. The Morgan fingerprint density at radius 1 is 1.05 bits per heavy atom. The molecular formula is C29H34N2O5S. The van der Waals surface area contributed by atoms with Crippen molar-refractivity contribution >= 4 is 40.6 Å². The molecular weight excluding hydrogens is 488 g/mol. The molecule has 2 aliphatic rings. The summed E-state index contributed by atoms with van der Waals surface area (Å²) in [5, 5.41) is 0.723. The third-order valence-corrected chi connectivity index (χ3v) is 7.41. The fourth-order valence-corrected chi connectivity index (χ4v) is 5.69. The summed E-state index contributed by atoms with van der Waals surface area (Å²) in [4.78, 5) is 32.8. The van der Waals surface area contributed by atoms with Gasteiger partial charge in [-0.2, -0.15) is 0 Å². The molecule has 0 spiro atoms. The molecule has 1 amide bonds. The Morgan fingerprint density at radius 3 is 2.57 bits per heavy atom. The van der Waals surface area contributed by atoms with E-state index in [1.807, 2.05) is 60.4 Å². The van der Waals surface area contributed by atoms with Gasteiger partial charge >= 0.3 is 5.97 Å². The molecule has 4 rings (SSSR count). The number of carbonyl (C=O) groups is 2. The minimum Gasteiger partial charge on any atom is -0.490 e. The van der Waals surface area contributed by atoms with Gasteiger partial charge in [0.1, 0.15) is 0 Å². The number of thioether (sulfide) groups is 1. The maximum Gasteiger partial charge on any atom is 0.344 e. The first-order chi connectivity index (χ1) is 18.0. The molecule has 1 saturated heterocycles. The number of hydrogen-bond donors (Lipinski definition) is 0. The molecule has 1 heterocycles. The third-order valence-electron chi connectivity index (χ3n) is 6.43. The van der Waals surface area contributed by atoms with E-state index in [0.29, 0.717) is 35.5 Å². The molecule has 7 nitrogen and oxygen atoms in total. The van der Waals surface area contributed by atoms with Gasteiger partial charge in [0.05, 0.1) is 23.8 Å². The maximum atomic E-state index is 13.7. The molecule has 0 aromatic heterocycles. The van der Waals surface area contributed by atoms with Crippen LogP contribution in [0.15, 0.2) is 58.4 Å². The van der Waals surface area contributed by atoms with Crippen LogP contribution < -0.4 is 9.47 Å². The minimum atomic E-state index is -0.439. The minimum absolute atomic E-state index is 0.0148. The fraction of sp³-hybridized carbons (Fsp3) is 0.414. The first-order valence-electron chi connectivity index (χ1n) is 12.9. The monoisotopic (exact) mass is 522 g/mol. The molecule has 2 aromatic carbocycles. The second-order valence-electron chi connectivity index (χ2n) is 9.08. The summed E-state index contributed by atoms with van der Waals surface area (Å²) in [5.74, 6) is 0.920. The van der Waals surface area contributed by atoms with Crippen molar-refractivity contribution in [1.29, 1.82) is 0 Å². The molecule has 37 heavy (non-hydrogen) atoms. The molecule has 0 bridgehead atoms. The average Bonchev–Trinajstić information content (AvgIpc) is 3.19. The van der Waals surface area contributed by atoms with E-state index in [1.165, 1.54) is 18.2 Å². The molecule has 2 fully saturated rings. The number of nitrogens with zero attached hydrogens (tertiary/aromatic N) is 2. The van der Waals surface area contributed by atoms with E-state index >= 15 is 0 Å². The van der Waals surface area contributed by atoms with Crippen LogP contribution in [0.5, 0.6) is 11.5 Å². The van der Waals surface area contributed by atoms with Crippen molar-refractivity contribution in [3.63, 3.8) is 0 Å². The van der Waals surface area contributed by atoms with E-state index in [1.54, 1.807) is 13.0 Å². The van der Waals surface area contributed by atoms with Gasteiger partial charge in [-0.05, 0) is 80.3 Å². The van der Waals surface area contributed by atoms with Crippen LogP contribution in [0, 0.1) is 5.92 Å². The summed E-state index contributed by atoms with van der Waals surface area (Å²) in [6, 6.07) is 15.3. The molecule has 1 aliphatic heterocycles. The van der Waals surface area contributed by atoms with Gasteiger partial charge in [0.15, 0.2) is 23.3 Å². The summed E-state index contributed by atoms with van der Waals surface area (Å²) in [6.45, 7) is 6.39. The van der Waals surface area contributed by atoms with Gasteiger partial charge in [-0.1, -0.05) is 44.0 Å². The number of carbonyl (C=O) groups excluding carboxylic acids is 2. The summed E-state index contributed by atoms with van der Waals surface area (Å²) in [6.07, 6.45) is 6.29. The SMILES string of the molecule is CCOC(=O)COc1ccc(/C=C2\SC(=Nc3ccccc3)N([C@H]3CCCC[C@@H]3C)C2=O)cc1OCC. The van der Waals surface area contributed by atoms with Crippen LogP contribution in [-0.2, 0) is 14.3 Å². The number of hydrogen-bond acceptors (Lipinski definition) is 7. The Balaban J connectivity index is 1.63. The van der Waals surface area contributed by atoms with Gasteiger partial charge in [-0.15, -0.1) is 0 Å². The van der Waals surface area contributed by atoms with Crippen molar-refractivity contribution in [3.05, 3.63) is 59.0 Å². The number of amides is 1. The number of amidine groups is 1. The highest BCUT2D eigenvalue weighted by Gasteiger charge is 2.41. The highest BCUT2D eigenvalue weighted by molar-refractivity contribution is 8.18. The highest BCUT2D eigenvalue weighted by atomic mass is 32.2. The van der Waals surface area contributed by atoms with Gasteiger partial charge in [0.25, 0.3) is 5.91 Å². The number of ether oxygens (including phenoxy) is 3.